The van der Waals surface area contributed by atoms with Crippen LogP contribution in [0.15, 0.2) is 66.9 Å². The van der Waals surface area contributed by atoms with Crippen LogP contribution in [-0.2, 0) is 4.79 Å². The second-order valence-corrected chi connectivity index (χ2v) is 5.80. The van der Waals surface area contributed by atoms with E-state index in [0.717, 1.165) is 28.0 Å². The lowest BCUT2D eigenvalue weighted by atomic mass is 10.1. The summed E-state index contributed by atoms with van der Waals surface area (Å²) >= 11 is 0. The molecule has 3 rings (SSSR count). The number of amides is 1. The summed E-state index contributed by atoms with van der Waals surface area (Å²) in [6.45, 7) is 3.39. The Morgan fingerprint density at radius 2 is 1.78 bits per heavy atom. The summed E-state index contributed by atoms with van der Waals surface area (Å²) in [5.74, 6) is 1.38. The molecule has 27 heavy (non-hydrogen) atoms. The first-order valence-electron chi connectivity index (χ1n) is 8.91. The molecule has 0 unspecified atom stereocenters. The standard InChI is InChI=1S/C22H22N2O3/c1-2-26-19-9-11-20(12-10-19)27-16-15-23-21(25)13-8-18-6-3-5-17-7-4-14-24-22(17)18/h3-14H,2,15-16H2,1H3,(H,23,25)/b13-8+. The summed E-state index contributed by atoms with van der Waals surface area (Å²) in [5, 5.41) is 3.85. The maximum Gasteiger partial charge on any atom is 0.244 e. The Hall–Kier alpha value is -3.34. The summed E-state index contributed by atoms with van der Waals surface area (Å²) in [4.78, 5) is 16.4. The topological polar surface area (TPSA) is 60.5 Å². The molecular weight excluding hydrogens is 340 g/mol. The van der Waals surface area contributed by atoms with E-state index in [4.69, 9.17) is 9.47 Å². The van der Waals surface area contributed by atoms with E-state index in [0.29, 0.717) is 19.8 Å². The number of benzene rings is 2. The number of carbonyl (C=O) groups is 1. The van der Waals surface area contributed by atoms with Crippen LogP contribution >= 0.6 is 0 Å². The highest BCUT2D eigenvalue weighted by molar-refractivity contribution is 5.95. The highest BCUT2D eigenvalue weighted by Crippen LogP contribution is 2.18. The molecule has 0 spiro atoms. The van der Waals surface area contributed by atoms with Gasteiger partial charge in [0.25, 0.3) is 0 Å². The first-order chi connectivity index (χ1) is 13.3. The van der Waals surface area contributed by atoms with Gasteiger partial charge in [-0.2, -0.15) is 0 Å². The van der Waals surface area contributed by atoms with Crippen molar-refractivity contribution in [3.8, 4) is 11.5 Å². The quantitative estimate of drug-likeness (QED) is 0.488. The summed E-state index contributed by atoms with van der Waals surface area (Å²) in [5.41, 5.74) is 1.79. The van der Waals surface area contributed by atoms with Crippen LogP contribution in [-0.4, -0.2) is 30.6 Å². The van der Waals surface area contributed by atoms with E-state index in [-0.39, 0.29) is 5.91 Å². The van der Waals surface area contributed by atoms with Crippen LogP contribution in [0.3, 0.4) is 0 Å². The molecule has 0 aliphatic heterocycles. The molecule has 2 aromatic carbocycles. The van der Waals surface area contributed by atoms with Crippen molar-refractivity contribution >= 4 is 22.9 Å². The molecule has 0 saturated carbocycles. The Kier molecular flexibility index (Phi) is 6.41. The minimum atomic E-state index is -0.168. The molecule has 0 aliphatic rings. The molecule has 1 heterocycles. The van der Waals surface area contributed by atoms with E-state index in [1.165, 1.54) is 6.08 Å². The summed E-state index contributed by atoms with van der Waals surface area (Å²) in [7, 11) is 0. The van der Waals surface area contributed by atoms with Crippen molar-refractivity contribution < 1.29 is 14.3 Å². The van der Waals surface area contributed by atoms with Crippen LogP contribution in [0, 0.1) is 0 Å². The van der Waals surface area contributed by atoms with Gasteiger partial charge in [-0.1, -0.05) is 24.3 Å². The van der Waals surface area contributed by atoms with E-state index in [1.807, 2.05) is 61.5 Å². The van der Waals surface area contributed by atoms with E-state index >= 15 is 0 Å². The van der Waals surface area contributed by atoms with Crippen molar-refractivity contribution in [1.82, 2.24) is 10.3 Å². The lowest BCUT2D eigenvalue weighted by Gasteiger charge is -2.08. The third kappa shape index (κ3) is 5.31. The minimum Gasteiger partial charge on any atom is -0.494 e. The fourth-order valence-corrected chi connectivity index (χ4v) is 2.63. The molecule has 3 aromatic rings. The smallest absolute Gasteiger partial charge is 0.244 e. The maximum atomic E-state index is 12.0. The molecule has 0 atom stereocenters. The summed E-state index contributed by atoms with van der Waals surface area (Å²) in [6, 6.07) is 17.2. The average molecular weight is 362 g/mol. The number of aromatic nitrogens is 1. The molecule has 1 aromatic heterocycles. The summed E-state index contributed by atoms with van der Waals surface area (Å²) < 4.78 is 11.0. The Balaban J connectivity index is 1.46. The second kappa shape index (κ2) is 9.38. The Bertz CT molecular complexity index is 915. The fraction of sp³-hybridized carbons (Fsp3) is 0.182. The Labute approximate surface area is 158 Å². The van der Waals surface area contributed by atoms with Crippen LogP contribution in [0.25, 0.3) is 17.0 Å². The van der Waals surface area contributed by atoms with Crippen LogP contribution in [0.1, 0.15) is 12.5 Å². The van der Waals surface area contributed by atoms with Crippen molar-refractivity contribution in [3.05, 3.63) is 72.4 Å². The van der Waals surface area contributed by atoms with Gasteiger partial charge in [0.2, 0.25) is 5.91 Å². The molecule has 0 fully saturated rings. The number of nitrogens with one attached hydrogen (secondary N) is 1. The van der Waals surface area contributed by atoms with Crippen molar-refractivity contribution in [2.75, 3.05) is 19.8 Å². The molecule has 0 saturated heterocycles. The lowest BCUT2D eigenvalue weighted by Crippen LogP contribution is -2.26. The number of nitrogens with zero attached hydrogens (tertiary/aromatic N) is 1. The Morgan fingerprint density at radius 1 is 1.04 bits per heavy atom. The normalized spacial score (nSPS) is 10.9. The maximum absolute atomic E-state index is 12.0. The van der Waals surface area contributed by atoms with Crippen molar-refractivity contribution in [2.24, 2.45) is 0 Å². The monoisotopic (exact) mass is 362 g/mol. The van der Waals surface area contributed by atoms with Gasteiger partial charge < -0.3 is 14.8 Å². The van der Waals surface area contributed by atoms with Gasteiger partial charge in [0, 0.05) is 23.2 Å². The number of hydrogen-bond acceptors (Lipinski definition) is 4. The number of pyridine rings is 1. The molecule has 1 N–H and O–H groups in total. The number of ether oxygens (including phenoxy) is 2. The average Bonchev–Trinajstić information content (AvgIpc) is 2.71. The highest BCUT2D eigenvalue weighted by atomic mass is 16.5. The zero-order valence-corrected chi connectivity index (χ0v) is 15.2. The van der Waals surface area contributed by atoms with Gasteiger partial charge in [-0.25, -0.2) is 0 Å². The van der Waals surface area contributed by atoms with Gasteiger partial charge >= 0.3 is 0 Å². The zero-order chi connectivity index (χ0) is 18.9. The lowest BCUT2D eigenvalue weighted by molar-refractivity contribution is -0.116. The van der Waals surface area contributed by atoms with Crippen LogP contribution < -0.4 is 14.8 Å². The van der Waals surface area contributed by atoms with E-state index in [9.17, 15) is 4.79 Å². The minimum absolute atomic E-state index is 0.168. The Morgan fingerprint density at radius 3 is 2.56 bits per heavy atom. The van der Waals surface area contributed by atoms with Crippen molar-refractivity contribution in [3.63, 3.8) is 0 Å². The van der Waals surface area contributed by atoms with Gasteiger partial charge in [-0.15, -0.1) is 0 Å². The zero-order valence-electron chi connectivity index (χ0n) is 15.2. The number of hydrogen-bond donors (Lipinski definition) is 1. The van der Waals surface area contributed by atoms with Crippen molar-refractivity contribution in [2.45, 2.75) is 6.92 Å². The molecule has 0 bridgehead atoms. The molecule has 0 aliphatic carbocycles. The van der Waals surface area contributed by atoms with Crippen LogP contribution in [0.2, 0.25) is 0 Å². The largest absolute Gasteiger partial charge is 0.494 e. The van der Waals surface area contributed by atoms with E-state index in [2.05, 4.69) is 10.3 Å². The number of rotatable bonds is 8. The number of fused-ring (bicyclic) bond motifs is 1. The van der Waals surface area contributed by atoms with Crippen LogP contribution in [0.5, 0.6) is 11.5 Å². The third-order valence-corrected chi connectivity index (χ3v) is 3.88. The van der Waals surface area contributed by atoms with Gasteiger partial charge in [0.15, 0.2) is 0 Å². The van der Waals surface area contributed by atoms with Crippen molar-refractivity contribution in [1.29, 1.82) is 0 Å². The molecule has 0 radical (unpaired) electrons. The van der Waals surface area contributed by atoms with Crippen LogP contribution in [0.4, 0.5) is 0 Å². The molecule has 5 nitrogen and oxygen atoms in total. The van der Waals surface area contributed by atoms with E-state index in [1.54, 1.807) is 12.3 Å². The third-order valence-electron chi connectivity index (χ3n) is 3.88. The van der Waals surface area contributed by atoms with Gasteiger partial charge in [-0.3, -0.25) is 9.78 Å². The highest BCUT2D eigenvalue weighted by Gasteiger charge is 2.00. The SMILES string of the molecule is CCOc1ccc(OCCNC(=O)/C=C/c2cccc3cccnc23)cc1. The second-order valence-electron chi connectivity index (χ2n) is 5.80. The predicted octanol–water partition coefficient (Wildman–Crippen LogP) is 3.84. The van der Waals surface area contributed by atoms with E-state index < -0.39 is 0 Å². The first kappa shape index (κ1) is 18.5. The number of para-hydroxylation sites is 1. The fourth-order valence-electron chi connectivity index (χ4n) is 2.63. The molecular formula is C22H22N2O3. The predicted molar refractivity (Wildman–Crippen MR) is 107 cm³/mol. The van der Waals surface area contributed by atoms with Gasteiger partial charge in [0.05, 0.1) is 18.7 Å². The molecule has 5 heteroatoms. The molecule has 138 valence electrons. The number of carbonyl (C=O) groups excluding carboxylic acids is 1. The molecule has 1 amide bonds. The van der Waals surface area contributed by atoms with Gasteiger partial charge in [0.1, 0.15) is 18.1 Å². The van der Waals surface area contributed by atoms with Gasteiger partial charge in [-0.05, 0) is 43.3 Å². The first-order valence-corrected chi connectivity index (χ1v) is 8.91. The summed E-state index contributed by atoms with van der Waals surface area (Å²) in [6.07, 6.45) is 5.04.